The average molecular weight is 270 g/mol. The van der Waals surface area contributed by atoms with Gasteiger partial charge in [0.2, 0.25) is 0 Å². The van der Waals surface area contributed by atoms with Gasteiger partial charge in [0.1, 0.15) is 5.76 Å². The molecule has 2 N–H and O–H groups in total. The Kier molecular flexibility index (Phi) is 3.79. The van der Waals surface area contributed by atoms with Crippen molar-refractivity contribution in [3.8, 4) is 0 Å². The molecule has 0 amide bonds. The van der Waals surface area contributed by atoms with Gasteiger partial charge in [-0.15, -0.1) is 0 Å². The standard InChI is InChI=1S/C17H22N2O/c1-2-17(18)13-5-7-14(8-6-13)19(15-9-10-15)12-16-4-3-11-20-16/h3-8,11,15,17H,2,9-10,12,18H2,1H3/t17-/m1/s1. The lowest BCUT2D eigenvalue weighted by Gasteiger charge is -2.24. The van der Waals surface area contributed by atoms with Gasteiger partial charge in [-0.25, -0.2) is 0 Å². The minimum atomic E-state index is 0.142. The molecule has 1 atom stereocenters. The lowest BCUT2D eigenvalue weighted by Crippen LogP contribution is -2.24. The summed E-state index contributed by atoms with van der Waals surface area (Å²) in [6.45, 7) is 2.96. The fourth-order valence-corrected chi connectivity index (χ4v) is 2.54. The molecule has 2 aromatic rings. The molecule has 1 aliphatic carbocycles. The summed E-state index contributed by atoms with van der Waals surface area (Å²) in [7, 11) is 0. The molecule has 1 heterocycles. The highest BCUT2D eigenvalue weighted by Gasteiger charge is 2.29. The molecular formula is C17H22N2O. The molecule has 20 heavy (non-hydrogen) atoms. The highest BCUT2D eigenvalue weighted by atomic mass is 16.3. The van der Waals surface area contributed by atoms with Crippen LogP contribution >= 0.6 is 0 Å². The highest BCUT2D eigenvalue weighted by molar-refractivity contribution is 5.50. The fourth-order valence-electron chi connectivity index (χ4n) is 2.54. The fraction of sp³-hybridized carbons (Fsp3) is 0.412. The molecule has 1 saturated carbocycles. The second-order valence-electron chi connectivity index (χ2n) is 5.54. The Labute approximate surface area is 120 Å². The topological polar surface area (TPSA) is 42.4 Å². The molecule has 3 nitrogen and oxygen atoms in total. The summed E-state index contributed by atoms with van der Waals surface area (Å²) in [4.78, 5) is 2.43. The summed E-state index contributed by atoms with van der Waals surface area (Å²) in [5.41, 5.74) is 8.55. The number of benzene rings is 1. The van der Waals surface area contributed by atoms with Gasteiger partial charge in [-0.2, -0.15) is 0 Å². The van der Waals surface area contributed by atoms with E-state index in [0.29, 0.717) is 6.04 Å². The molecule has 0 aliphatic heterocycles. The summed E-state index contributed by atoms with van der Waals surface area (Å²) < 4.78 is 5.48. The predicted octanol–water partition coefficient (Wildman–Crippen LogP) is 3.86. The molecule has 1 aromatic carbocycles. The van der Waals surface area contributed by atoms with Crippen LogP contribution < -0.4 is 10.6 Å². The Hall–Kier alpha value is -1.74. The summed E-state index contributed by atoms with van der Waals surface area (Å²) in [5.74, 6) is 1.02. The van der Waals surface area contributed by atoms with Crippen molar-refractivity contribution in [2.45, 2.75) is 44.8 Å². The molecule has 0 saturated heterocycles. The number of furan rings is 1. The maximum absolute atomic E-state index is 6.07. The van der Waals surface area contributed by atoms with E-state index < -0.39 is 0 Å². The van der Waals surface area contributed by atoms with Crippen LogP contribution in [-0.4, -0.2) is 6.04 Å². The van der Waals surface area contributed by atoms with Crippen LogP contribution in [0.25, 0.3) is 0 Å². The van der Waals surface area contributed by atoms with Gasteiger partial charge in [-0.05, 0) is 49.1 Å². The van der Waals surface area contributed by atoms with Crippen molar-refractivity contribution in [1.29, 1.82) is 0 Å². The first-order chi connectivity index (χ1) is 9.78. The number of hydrogen-bond donors (Lipinski definition) is 1. The van der Waals surface area contributed by atoms with Crippen LogP contribution in [0.3, 0.4) is 0 Å². The smallest absolute Gasteiger partial charge is 0.123 e. The van der Waals surface area contributed by atoms with E-state index in [-0.39, 0.29) is 6.04 Å². The molecule has 3 rings (SSSR count). The van der Waals surface area contributed by atoms with Gasteiger partial charge in [-0.3, -0.25) is 0 Å². The molecule has 1 aromatic heterocycles. The average Bonchev–Trinajstić information content (AvgIpc) is 3.21. The highest BCUT2D eigenvalue weighted by Crippen LogP contribution is 2.33. The summed E-state index contributed by atoms with van der Waals surface area (Å²) >= 11 is 0. The maximum atomic E-state index is 6.07. The monoisotopic (exact) mass is 270 g/mol. The number of anilines is 1. The summed E-state index contributed by atoms with van der Waals surface area (Å²) in [6, 6.07) is 13.5. The van der Waals surface area contributed by atoms with Crippen LogP contribution in [0.15, 0.2) is 47.1 Å². The molecule has 0 spiro atoms. The van der Waals surface area contributed by atoms with E-state index in [1.165, 1.54) is 24.1 Å². The van der Waals surface area contributed by atoms with E-state index in [9.17, 15) is 0 Å². The molecular weight excluding hydrogens is 248 g/mol. The van der Waals surface area contributed by atoms with Crippen molar-refractivity contribution in [1.82, 2.24) is 0 Å². The van der Waals surface area contributed by atoms with Crippen LogP contribution in [-0.2, 0) is 6.54 Å². The van der Waals surface area contributed by atoms with Crippen molar-refractivity contribution >= 4 is 5.69 Å². The quantitative estimate of drug-likeness (QED) is 0.866. The van der Waals surface area contributed by atoms with Crippen LogP contribution in [0.4, 0.5) is 5.69 Å². The number of nitrogens with zero attached hydrogens (tertiary/aromatic N) is 1. The first-order valence-corrected chi connectivity index (χ1v) is 7.42. The third kappa shape index (κ3) is 2.88. The van der Waals surface area contributed by atoms with Gasteiger partial charge in [0.15, 0.2) is 0 Å². The van der Waals surface area contributed by atoms with E-state index in [1.807, 2.05) is 12.1 Å². The molecule has 3 heteroatoms. The van der Waals surface area contributed by atoms with Crippen molar-refractivity contribution in [3.63, 3.8) is 0 Å². The van der Waals surface area contributed by atoms with Crippen LogP contribution in [0, 0.1) is 0 Å². The molecule has 1 aliphatic rings. The van der Waals surface area contributed by atoms with E-state index in [2.05, 4.69) is 36.1 Å². The summed E-state index contributed by atoms with van der Waals surface area (Å²) in [6.07, 6.45) is 5.26. The van der Waals surface area contributed by atoms with Gasteiger partial charge in [-0.1, -0.05) is 19.1 Å². The van der Waals surface area contributed by atoms with Gasteiger partial charge in [0.25, 0.3) is 0 Å². The predicted molar refractivity (Wildman–Crippen MR) is 81.6 cm³/mol. The third-order valence-corrected chi connectivity index (χ3v) is 3.99. The molecule has 1 fully saturated rings. The van der Waals surface area contributed by atoms with Crippen LogP contribution in [0.1, 0.15) is 43.6 Å². The number of hydrogen-bond acceptors (Lipinski definition) is 3. The van der Waals surface area contributed by atoms with Crippen molar-refractivity contribution in [2.75, 3.05) is 4.90 Å². The lowest BCUT2D eigenvalue weighted by atomic mass is 10.0. The molecule has 0 bridgehead atoms. The van der Waals surface area contributed by atoms with Crippen molar-refractivity contribution in [2.24, 2.45) is 5.73 Å². The van der Waals surface area contributed by atoms with Crippen LogP contribution in [0.2, 0.25) is 0 Å². The van der Waals surface area contributed by atoms with Gasteiger partial charge >= 0.3 is 0 Å². The Bertz CT molecular complexity index is 529. The van der Waals surface area contributed by atoms with E-state index in [1.54, 1.807) is 6.26 Å². The first kappa shape index (κ1) is 13.3. The Morgan fingerprint density at radius 1 is 1.25 bits per heavy atom. The molecule has 0 radical (unpaired) electrons. The van der Waals surface area contributed by atoms with E-state index in [0.717, 1.165) is 18.7 Å². The lowest BCUT2D eigenvalue weighted by molar-refractivity contribution is 0.501. The Balaban J connectivity index is 1.77. The second kappa shape index (κ2) is 5.71. The zero-order valence-electron chi connectivity index (χ0n) is 12.0. The normalized spacial score (nSPS) is 16.1. The number of rotatable bonds is 6. The minimum Gasteiger partial charge on any atom is -0.467 e. The molecule has 0 unspecified atom stereocenters. The van der Waals surface area contributed by atoms with E-state index >= 15 is 0 Å². The van der Waals surface area contributed by atoms with Gasteiger partial charge < -0.3 is 15.1 Å². The SMILES string of the molecule is CC[C@@H](N)c1ccc(N(Cc2ccco2)C2CC2)cc1. The zero-order chi connectivity index (χ0) is 13.9. The zero-order valence-corrected chi connectivity index (χ0v) is 12.0. The first-order valence-electron chi connectivity index (χ1n) is 7.42. The van der Waals surface area contributed by atoms with Crippen LogP contribution in [0.5, 0.6) is 0 Å². The largest absolute Gasteiger partial charge is 0.467 e. The summed E-state index contributed by atoms with van der Waals surface area (Å²) in [5, 5.41) is 0. The number of nitrogens with two attached hydrogens (primary N) is 1. The van der Waals surface area contributed by atoms with E-state index in [4.69, 9.17) is 10.2 Å². The Morgan fingerprint density at radius 3 is 2.55 bits per heavy atom. The van der Waals surface area contributed by atoms with Crippen molar-refractivity contribution in [3.05, 3.63) is 54.0 Å². The maximum Gasteiger partial charge on any atom is 0.123 e. The Morgan fingerprint density at radius 2 is 2.00 bits per heavy atom. The van der Waals surface area contributed by atoms with Gasteiger partial charge in [0, 0.05) is 17.8 Å². The van der Waals surface area contributed by atoms with Crippen molar-refractivity contribution < 1.29 is 4.42 Å². The second-order valence-corrected chi connectivity index (χ2v) is 5.54. The van der Waals surface area contributed by atoms with Gasteiger partial charge in [0.05, 0.1) is 12.8 Å². The third-order valence-electron chi connectivity index (χ3n) is 3.99. The minimum absolute atomic E-state index is 0.142. The molecule has 106 valence electrons.